The van der Waals surface area contributed by atoms with E-state index in [-0.39, 0.29) is 0 Å². The van der Waals surface area contributed by atoms with Gasteiger partial charge in [0, 0.05) is 11.4 Å². The first-order valence-electron chi connectivity index (χ1n) is 6.40. The van der Waals surface area contributed by atoms with E-state index in [1.165, 1.54) is 27.6 Å². The molecule has 1 heterocycles. The minimum atomic E-state index is 0.688. The van der Waals surface area contributed by atoms with Crippen LogP contribution in [0.2, 0.25) is 0 Å². The maximum Gasteiger partial charge on any atom is 0.174 e. The van der Waals surface area contributed by atoms with Crippen molar-refractivity contribution in [3.63, 3.8) is 0 Å². The summed E-state index contributed by atoms with van der Waals surface area (Å²) < 4.78 is 5.01. The van der Waals surface area contributed by atoms with Crippen molar-refractivity contribution in [1.82, 2.24) is 14.7 Å². The first-order valence-corrected chi connectivity index (χ1v) is 7.99. The van der Waals surface area contributed by atoms with Crippen LogP contribution in [-0.2, 0) is 6.54 Å². The second-order valence-electron chi connectivity index (χ2n) is 4.92. The molecule has 2 aromatic rings. The van der Waals surface area contributed by atoms with Crippen LogP contribution in [0, 0.1) is 12.8 Å². The second-order valence-corrected chi connectivity index (χ2v) is 7.02. The smallest absolute Gasteiger partial charge is 0.174 e. The maximum absolute atomic E-state index is 4.19. The highest BCUT2D eigenvalue weighted by Crippen LogP contribution is 2.29. The molecule has 0 bridgehead atoms. The van der Waals surface area contributed by atoms with E-state index >= 15 is 0 Å². The van der Waals surface area contributed by atoms with E-state index < -0.39 is 0 Å². The lowest BCUT2D eigenvalue weighted by Gasteiger charge is -2.10. The van der Waals surface area contributed by atoms with Crippen molar-refractivity contribution in [2.75, 3.05) is 6.54 Å². The van der Waals surface area contributed by atoms with Crippen molar-refractivity contribution in [1.29, 1.82) is 0 Å². The summed E-state index contributed by atoms with van der Waals surface area (Å²) in [4.78, 5) is 5.41. The molecule has 0 fully saturated rings. The maximum atomic E-state index is 4.19. The highest BCUT2D eigenvalue weighted by molar-refractivity contribution is 8.01. The molecule has 19 heavy (non-hydrogen) atoms. The van der Waals surface area contributed by atoms with Crippen LogP contribution in [0.25, 0.3) is 0 Å². The Labute approximate surface area is 123 Å². The zero-order chi connectivity index (χ0) is 13.7. The second kappa shape index (κ2) is 7.03. The van der Waals surface area contributed by atoms with Gasteiger partial charge in [-0.05, 0) is 54.2 Å². The van der Waals surface area contributed by atoms with Gasteiger partial charge in [0.2, 0.25) is 0 Å². The van der Waals surface area contributed by atoms with Gasteiger partial charge in [-0.15, -0.1) is 0 Å². The average molecular weight is 293 g/mol. The number of nitrogens with one attached hydrogen (secondary N) is 1. The molecule has 1 aromatic heterocycles. The molecule has 1 aromatic carbocycles. The highest BCUT2D eigenvalue weighted by Gasteiger charge is 2.04. The third-order valence-electron chi connectivity index (χ3n) is 2.73. The molecule has 102 valence electrons. The van der Waals surface area contributed by atoms with Crippen LogP contribution in [0.3, 0.4) is 0 Å². The van der Waals surface area contributed by atoms with Crippen molar-refractivity contribution in [3.05, 3.63) is 35.7 Å². The van der Waals surface area contributed by atoms with Crippen molar-refractivity contribution in [2.24, 2.45) is 5.92 Å². The number of aromatic nitrogens is 2. The number of aryl methyl sites for hydroxylation is 1. The van der Waals surface area contributed by atoms with E-state index in [9.17, 15) is 0 Å². The summed E-state index contributed by atoms with van der Waals surface area (Å²) in [5.41, 5.74) is 2.69. The Morgan fingerprint density at radius 2 is 2.21 bits per heavy atom. The molecular formula is C14H19N3S2. The first-order chi connectivity index (χ1) is 9.15. The van der Waals surface area contributed by atoms with E-state index in [1.54, 1.807) is 18.1 Å². The zero-order valence-electron chi connectivity index (χ0n) is 11.5. The molecule has 0 saturated carbocycles. The van der Waals surface area contributed by atoms with E-state index in [1.807, 2.05) is 0 Å². The quantitative estimate of drug-likeness (QED) is 0.880. The van der Waals surface area contributed by atoms with Crippen molar-refractivity contribution < 1.29 is 0 Å². The lowest BCUT2D eigenvalue weighted by molar-refractivity contribution is 0.551. The summed E-state index contributed by atoms with van der Waals surface area (Å²) in [6, 6.07) is 6.58. The topological polar surface area (TPSA) is 37.8 Å². The number of hydrogen-bond acceptors (Lipinski definition) is 5. The summed E-state index contributed by atoms with van der Waals surface area (Å²) >= 11 is 3.10. The van der Waals surface area contributed by atoms with Gasteiger partial charge in [-0.25, -0.2) is 4.98 Å². The van der Waals surface area contributed by atoms with Crippen LogP contribution in [0.15, 0.2) is 33.8 Å². The molecule has 0 atom stereocenters. The Balaban J connectivity index is 1.96. The molecule has 2 rings (SSSR count). The van der Waals surface area contributed by atoms with Crippen LogP contribution in [0.4, 0.5) is 0 Å². The summed E-state index contributed by atoms with van der Waals surface area (Å²) in [6.45, 7) is 8.61. The molecule has 0 amide bonds. The van der Waals surface area contributed by atoms with E-state index in [0.717, 1.165) is 17.4 Å². The van der Waals surface area contributed by atoms with Crippen LogP contribution < -0.4 is 5.32 Å². The van der Waals surface area contributed by atoms with Crippen LogP contribution in [0.1, 0.15) is 25.0 Å². The van der Waals surface area contributed by atoms with Gasteiger partial charge in [0.1, 0.15) is 6.33 Å². The van der Waals surface area contributed by atoms with E-state index in [2.05, 4.69) is 53.6 Å². The van der Waals surface area contributed by atoms with Gasteiger partial charge in [-0.3, -0.25) is 0 Å². The van der Waals surface area contributed by atoms with Crippen molar-refractivity contribution >= 4 is 23.3 Å². The number of nitrogens with zero attached hydrogens (tertiary/aromatic N) is 2. The molecule has 1 N–H and O–H groups in total. The van der Waals surface area contributed by atoms with Gasteiger partial charge in [-0.1, -0.05) is 31.7 Å². The number of rotatable bonds is 6. The summed E-state index contributed by atoms with van der Waals surface area (Å²) in [6.07, 6.45) is 1.60. The normalized spacial score (nSPS) is 11.2. The van der Waals surface area contributed by atoms with E-state index in [4.69, 9.17) is 0 Å². The lowest BCUT2D eigenvalue weighted by atomic mass is 10.1. The molecule has 0 radical (unpaired) electrons. The minimum Gasteiger partial charge on any atom is -0.312 e. The fourth-order valence-corrected chi connectivity index (χ4v) is 3.25. The monoisotopic (exact) mass is 293 g/mol. The summed E-state index contributed by atoms with van der Waals surface area (Å²) in [5, 5.41) is 3.48. The Morgan fingerprint density at radius 1 is 1.37 bits per heavy atom. The van der Waals surface area contributed by atoms with E-state index in [0.29, 0.717) is 5.92 Å². The molecule has 0 aliphatic heterocycles. The fraction of sp³-hybridized carbons (Fsp3) is 0.429. The Morgan fingerprint density at radius 3 is 2.84 bits per heavy atom. The van der Waals surface area contributed by atoms with Crippen LogP contribution in [0.5, 0.6) is 0 Å². The molecule has 0 unspecified atom stereocenters. The van der Waals surface area contributed by atoms with Crippen LogP contribution >= 0.6 is 23.3 Å². The fourth-order valence-electron chi connectivity index (χ4n) is 1.73. The summed E-state index contributed by atoms with van der Waals surface area (Å²) in [7, 11) is 0. The Hall–Kier alpha value is -0.910. The molecule has 0 aliphatic carbocycles. The molecule has 0 spiro atoms. The third-order valence-corrected chi connectivity index (χ3v) is 4.43. The molecular weight excluding hydrogens is 274 g/mol. The largest absolute Gasteiger partial charge is 0.312 e. The summed E-state index contributed by atoms with van der Waals surface area (Å²) in [5.74, 6) is 0.688. The minimum absolute atomic E-state index is 0.688. The predicted octanol–water partition coefficient (Wildman–Crippen LogP) is 3.74. The molecule has 0 aliphatic rings. The SMILES string of the molecule is Cc1cc(Sc2ncns2)ccc1CNCC(C)C. The van der Waals surface area contributed by atoms with Gasteiger partial charge in [0.25, 0.3) is 0 Å². The predicted molar refractivity (Wildman–Crippen MR) is 81.8 cm³/mol. The van der Waals surface area contributed by atoms with Crippen molar-refractivity contribution in [3.8, 4) is 0 Å². The van der Waals surface area contributed by atoms with Crippen molar-refractivity contribution in [2.45, 2.75) is 36.6 Å². The highest BCUT2D eigenvalue weighted by atomic mass is 32.2. The van der Waals surface area contributed by atoms with Gasteiger partial charge in [0.15, 0.2) is 4.34 Å². The van der Waals surface area contributed by atoms with Gasteiger partial charge < -0.3 is 5.32 Å². The van der Waals surface area contributed by atoms with Gasteiger partial charge in [-0.2, -0.15) is 4.37 Å². The Bertz CT molecular complexity index is 509. The Kier molecular flexibility index (Phi) is 5.36. The average Bonchev–Trinajstić information content (AvgIpc) is 2.84. The van der Waals surface area contributed by atoms with Crippen LogP contribution in [-0.4, -0.2) is 15.9 Å². The lowest BCUT2D eigenvalue weighted by Crippen LogP contribution is -2.19. The molecule has 5 heteroatoms. The first kappa shape index (κ1) is 14.5. The van der Waals surface area contributed by atoms with Gasteiger partial charge >= 0.3 is 0 Å². The number of benzene rings is 1. The van der Waals surface area contributed by atoms with Gasteiger partial charge in [0.05, 0.1) is 0 Å². The standard InChI is InChI=1S/C14H19N3S2/c1-10(2)7-15-8-12-4-5-13(6-11(12)3)18-14-16-9-17-19-14/h4-6,9-10,15H,7-8H2,1-3H3. The molecule has 3 nitrogen and oxygen atoms in total. The number of hydrogen-bond donors (Lipinski definition) is 1. The third kappa shape index (κ3) is 4.60. The molecule has 0 saturated heterocycles. The zero-order valence-corrected chi connectivity index (χ0v) is 13.1.